The molecule has 106 valence electrons. The Balaban J connectivity index is 2.25. The molecule has 5 heteroatoms. The van der Waals surface area contributed by atoms with E-state index in [9.17, 15) is 9.59 Å². The molecule has 0 saturated carbocycles. The van der Waals surface area contributed by atoms with Crippen molar-refractivity contribution in [2.75, 3.05) is 5.01 Å². The van der Waals surface area contributed by atoms with Crippen LogP contribution in [0.2, 0.25) is 0 Å². The average Bonchev–Trinajstić information content (AvgIpc) is 2.52. The lowest BCUT2D eigenvalue weighted by atomic mass is 10.2. The number of carboxylic acids is 1. The zero-order valence-corrected chi connectivity index (χ0v) is 11.1. The number of hydrogen-bond acceptors (Lipinski definition) is 3. The van der Waals surface area contributed by atoms with E-state index in [-0.39, 0.29) is 0 Å². The average molecular weight is 282 g/mol. The van der Waals surface area contributed by atoms with Gasteiger partial charge in [-0.05, 0) is 24.3 Å². The van der Waals surface area contributed by atoms with E-state index in [1.165, 1.54) is 0 Å². The maximum Gasteiger partial charge on any atom is 0.328 e. The maximum atomic E-state index is 11.8. The summed E-state index contributed by atoms with van der Waals surface area (Å²) in [5.74, 6) is -1.69. The van der Waals surface area contributed by atoms with Crippen molar-refractivity contribution < 1.29 is 14.7 Å². The van der Waals surface area contributed by atoms with Gasteiger partial charge in [-0.2, -0.15) is 0 Å². The van der Waals surface area contributed by atoms with Crippen molar-refractivity contribution in [3.05, 3.63) is 72.8 Å². The van der Waals surface area contributed by atoms with E-state index in [4.69, 9.17) is 5.11 Å². The van der Waals surface area contributed by atoms with Crippen LogP contribution in [0.4, 0.5) is 11.4 Å². The third-order valence-electron chi connectivity index (χ3n) is 2.63. The molecule has 0 aliphatic rings. The van der Waals surface area contributed by atoms with Crippen molar-refractivity contribution in [1.29, 1.82) is 0 Å². The van der Waals surface area contributed by atoms with Gasteiger partial charge in [-0.3, -0.25) is 15.2 Å². The van der Waals surface area contributed by atoms with Gasteiger partial charge in [0.25, 0.3) is 5.91 Å². The highest BCUT2D eigenvalue weighted by Gasteiger charge is 2.10. The summed E-state index contributed by atoms with van der Waals surface area (Å²) >= 11 is 0. The quantitative estimate of drug-likeness (QED) is 0.653. The Hall–Kier alpha value is -3.08. The van der Waals surface area contributed by atoms with Crippen LogP contribution in [0.15, 0.2) is 72.8 Å². The summed E-state index contributed by atoms with van der Waals surface area (Å²) in [5, 5.41) is 10.1. The first-order valence-electron chi connectivity index (χ1n) is 6.28. The third kappa shape index (κ3) is 4.21. The van der Waals surface area contributed by atoms with E-state index in [1.807, 2.05) is 60.7 Å². The number of hydrazine groups is 1. The van der Waals surface area contributed by atoms with Crippen molar-refractivity contribution in [1.82, 2.24) is 5.43 Å². The van der Waals surface area contributed by atoms with Crippen LogP contribution < -0.4 is 10.4 Å². The van der Waals surface area contributed by atoms with E-state index in [0.29, 0.717) is 0 Å². The monoisotopic (exact) mass is 282 g/mol. The number of para-hydroxylation sites is 2. The van der Waals surface area contributed by atoms with Gasteiger partial charge in [-0.15, -0.1) is 0 Å². The molecule has 2 aromatic carbocycles. The van der Waals surface area contributed by atoms with Gasteiger partial charge < -0.3 is 5.11 Å². The van der Waals surface area contributed by atoms with Gasteiger partial charge in [-0.25, -0.2) is 4.79 Å². The van der Waals surface area contributed by atoms with Gasteiger partial charge in [0.2, 0.25) is 0 Å². The number of carbonyl (C=O) groups excluding carboxylic acids is 1. The molecule has 0 spiro atoms. The van der Waals surface area contributed by atoms with E-state index < -0.39 is 11.9 Å². The van der Waals surface area contributed by atoms with Gasteiger partial charge in [0.05, 0.1) is 11.4 Å². The van der Waals surface area contributed by atoms with Crippen LogP contribution in [0.25, 0.3) is 0 Å². The number of nitrogens with zero attached hydrogens (tertiary/aromatic N) is 1. The SMILES string of the molecule is O=C(O)/C=C\C(=O)NN(c1ccccc1)c1ccccc1. The number of rotatable bonds is 5. The number of benzene rings is 2. The molecular formula is C16H14N2O3. The van der Waals surface area contributed by atoms with Gasteiger partial charge in [0, 0.05) is 12.2 Å². The Morgan fingerprint density at radius 2 is 1.33 bits per heavy atom. The fourth-order valence-corrected chi connectivity index (χ4v) is 1.73. The lowest BCUT2D eigenvalue weighted by Gasteiger charge is -2.24. The summed E-state index contributed by atoms with van der Waals surface area (Å²) in [7, 11) is 0. The van der Waals surface area contributed by atoms with Crippen molar-refractivity contribution in [2.24, 2.45) is 0 Å². The second-order valence-electron chi connectivity index (χ2n) is 4.15. The van der Waals surface area contributed by atoms with Crippen LogP contribution in [-0.4, -0.2) is 17.0 Å². The smallest absolute Gasteiger partial charge is 0.328 e. The minimum atomic E-state index is -1.17. The van der Waals surface area contributed by atoms with Crippen LogP contribution in [0, 0.1) is 0 Å². The first-order valence-corrected chi connectivity index (χ1v) is 6.28. The second-order valence-corrected chi connectivity index (χ2v) is 4.15. The largest absolute Gasteiger partial charge is 0.478 e. The predicted molar refractivity (Wildman–Crippen MR) is 79.9 cm³/mol. The molecule has 0 heterocycles. The summed E-state index contributed by atoms with van der Waals surface area (Å²) in [6.45, 7) is 0. The van der Waals surface area contributed by atoms with Crippen molar-refractivity contribution in [3.8, 4) is 0 Å². The summed E-state index contributed by atoms with van der Waals surface area (Å²) in [4.78, 5) is 22.3. The van der Waals surface area contributed by atoms with E-state index >= 15 is 0 Å². The normalized spacial score (nSPS) is 10.3. The lowest BCUT2D eigenvalue weighted by Crippen LogP contribution is -2.37. The molecule has 0 radical (unpaired) electrons. The lowest BCUT2D eigenvalue weighted by molar-refractivity contribution is -0.131. The van der Waals surface area contributed by atoms with Gasteiger partial charge in [-0.1, -0.05) is 36.4 Å². The van der Waals surface area contributed by atoms with Gasteiger partial charge in [0.1, 0.15) is 0 Å². The molecule has 2 N–H and O–H groups in total. The molecule has 21 heavy (non-hydrogen) atoms. The highest BCUT2D eigenvalue weighted by Crippen LogP contribution is 2.22. The van der Waals surface area contributed by atoms with E-state index in [1.54, 1.807) is 5.01 Å². The molecule has 0 aromatic heterocycles. The summed E-state index contributed by atoms with van der Waals surface area (Å²) in [6, 6.07) is 18.5. The molecule has 0 aliphatic carbocycles. The van der Waals surface area contributed by atoms with E-state index in [2.05, 4.69) is 5.43 Å². The summed E-state index contributed by atoms with van der Waals surface area (Å²) in [5.41, 5.74) is 4.18. The zero-order valence-electron chi connectivity index (χ0n) is 11.1. The van der Waals surface area contributed by atoms with Gasteiger partial charge in [0.15, 0.2) is 0 Å². The fraction of sp³-hybridized carbons (Fsp3) is 0. The first kappa shape index (κ1) is 14.3. The molecule has 0 bridgehead atoms. The molecule has 0 aliphatic heterocycles. The van der Waals surface area contributed by atoms with Crippen LogP contribution in [-0.2, 0) is 9.59 Å². The Kier molecular flexibility index (Phi) is 4.71. The molecule has 1 amide bonds. The Labute approximate surface area is 122 Å². The van der Waals surface area contributed by atoms with Crippen molar-refractivity contribution >= 4 is 23.3 Å². The number of amides is 1. The van der Waals surface area contributed by atoms with Crippen molar-refractivity contribution in [2.45, 2.75) is 0 Å². The minimum Gasteiger partial charge on any atom is -0.478 e. The number of anilines is 2. The Bertz CT molecular complexity index is 600. The van der Waals surface area contributed by atoms with Crippen LogP contribution in [0.3, 0.4) is 0 Å². The Morgan fingerprint density at radius 1 is 0.857 bits per heavy atom. The number of carbonyl (C=O) groups is 2. The third-order valence-corrected chi connectivity index (χ3v) is 2.63. The highest BCUT2D eigenvalue weighted by molar-refractivity contribution is 5.95. The number of aliphatic carboxylic acids is 1. The Morgan fingerprint density at radius 3 is 1.76 bits per heavy atom. The highest BCUT2D eigenvalue weighted by atomic mass is 16.4. The van der Waals surface area contributed by atoms with Crippen molar-refractivity contribution in [3.63, 3.8) is 0 Å². The topological polar surface area (TPSA) is 69.6 Å². The van der Waals surface area contributed by atoms with Gasteiger partial charge >= 0.3 is 5.97 Å². The molecule has 0 unspecified atom stereocenters. The molecule has 0 atom stereocenters. The number of hydrogen-bond donors (Lipinski definition) is 2. The summed E-state index contributed by atoms with van der Waals surface area (Å²) < 4.78 is 0. The molecular weight excluding hydrogens is 268 g/mol. The summed E-state index contributed by atoms with van der Waals surface area (Å²) in [6.07, 6.45) is 1.77. The van der Waals surface area contributed by atoms with Crippen LogP contribution >= 0.6 is 0 Å². The minimum absolute atomic E-state index is 0.523. The molecule has 2 aromatic rings. The zero-order chi connectivity index (χ0) is 15.1. The first-order chi connectivity index (χ1) is 10.2. The fourth-order valence-electron chi connectivity index (χ4n) is 1.73. The van der Waals surface area contributed by atoms with Crippen LogP contribution in [0.5, 0.6) is 0 Å². The number of nitrogens with one attached hydrogen (secondary N) is 1. The molecule has 5 nitrogen and oxygen atoms in total. The predicted octanol–water partition coefficient (Wildman–Crippen LogP) is 2.50. The standard InChI is InChI=1S/C16H14N2O3/c19-15(11-12-16(20)21)17-18(13-7-3-1-4-8-13)14-9-5-2-6-10-14/h1-12H,(H,17,19)(H,20,21)/b12-11-. The molecule has 0 fully saturated rings. The van der Waals surface area contributed by atoms with E-state index in [0.717, 1.165) is 23.5 Å². The van der Waals surface area contributed by atoms with Crippen LogP contribution in [0.1, 0.15) is 0 Å². The number of carboxylic acid groups (broad SMARTS) is 1. The molecule has 2 rings (SSSR count). The molecule has 0 saturated heterocycles. The second kappa shape index (κ2) is 6.91. The maximum absolute atomic E-state index is 11.8.